The monoisotopic (exact) mass is 480 g/mol. The van der Waals surface area contributed by atoms with E-state index >= 15 is 0 Å². The third-order valence-electron chi connectivity index (χ3n) is 5.39. The molecule has 0 spiro atoms. The number of hydrogen-bond donors (Lipinski definition) is 0. The van der Waals surface area contributed by atoms with Crippen LogP contribution >= 0.6 is 11.3 Å². The van der Waals surface area contributed by atoms with E-state index in [0.29, 0.717) is 22.8 Å². The summed E-state index contributed by atoms with van der Waals surface area (Å²) in [5.41, 5.74) is 3.31. The van der Waals surface area contributed by atoms with Crippen LogP contribution in [-0.4, -0.2) is 29.7 Å². The van der Waals surface area contributed by atoms with Crippen LogP contribution in [0.3, 0.4) is 0 Å². The molecular weight excluding hydrogens is 456 g/mol. The second kappa shape index (κ2) is 9.29. The molecule has 0 unspecified atom stereocenters. The Hall–Kier alpha value is -3.29. The first-order valence-corrected chi connectivity index (χ1v) is 12.6. The summed E-state index contributed by atoms with van der Waals surface area (Å²) in [5.74, 6) is 1.56. The molecule has 0 aliphatic carbocycles. The highest BCUT2D eigenvalue weighted by molar-refractivity contribution is 7.91. The van der Waals surface area contributed by atoms with Crippen molar-refractivity contribution in [3.8, 4) is 38.8 Å². The lowest BCUT2D eigenvalue weighted by atomic mass is 10.0. The van der Waals surface area contributed by atoms with Crippen LogP contribution < -0.4 is 14.2 Å². The van der Waals surface area contributed by atoms with Crippen LogP contribution in [0, 0.1) is 6.92 Å². The number of hydrogen-bond acceptors (Lipinski definition) is 6. The normalized spacial score (nSPS) is 11.3. The SMILES string of the molecule is COc1cc(-c2ccc(S(=O)(=O)c3ccc(C)cc3)c(-c3cccs3)c2)cc(OC)c1OC. The quantitative estimate of drug-likeness (QED) is 0.313. The van der Waals surface area contributed by atoms with Crippen molar-refractivity contribution in [1.29, 1.82) is 0 Å². The smallest absolute Gasteiger partial charge is 0.207 e. The molecule has 170 valence electrons. The second-order valence-electron chi connectivity index (χ2n) is 7.42. The molecule has 0 saturated carbocycles. The van der Waals surface area contributed by atoms with Crippen molar-refractivity contribution in [3.63, 3.8) is 0 Å². The van der Waals surface area contributed by atoms with E-state index in [9.17, 15) is 8.42 Å². The Kier molecular flexibility index (Phi) is 6.44. The van der Waals surface area contributed by atoms with Crippen molar-refractivity contribution in [1.82, 2.24) is 0 Å². The minimum Gasteiger partial charge on any atom is -0.493 e. The molecule has 1 heterocycles. The van der Waals surface area contributed by atoms with Crippen LogP contribution in [0.25, 0.3) is 21.6 Å². The Morgan fingerprint density at radius 1 is 0.758 bits per heavy atom. The summed E-state index contributed by atoms with van der Waals surface area (Å²) < 4.78 is 43.5. The molecule has 0 aliphatic heterocycles. The number of rotatable bonds is 7. The second-order valence-corrected chi connectivity index (χ2v) is 10.3. The van der Waals surface area contributed by atoms with Gasteiger partial charge in [-0.3, -0.25) is 0 Å². The Morgan fingerprint density at radius 3 is 1.97 bits per heavy atom. The summed E-state index contributed by atoms with van der Waals surface area (Å²) in [6, 6.07) is 19.8. The van der Waals surface area contributed by atoms with Gasteiger partial charge in [0.25, 0.3) is 0 Å². The van der Waals surface area contributed by atoms with Gasteiger partial charge in [0.1, 0.15) is 0 Å². The maximum atomic E-state index is 13.5. The summed E-state index contributed by atoms with van der Waals surface area (Å²) in [4.78, 5) is 1.41. The van der Waals surface area contributed by atoms with Gasteiger partial charge in [-0.15, -0.1) is 11.3 Å². The molecule has 4 rings (SSSR count). The van der Waals surface area contributed by atoms with E-state index in [1.165, 1.54) is 11.3 Å². The maximum absolute atomic E-state index is 13.5. The van der Waals surface area contributed by atoms with E-state index in [2.05, 4.69) is 0 Å². The third kappa shape index (κ3) is 4.34. The molecule has 4 aromatic rings. The van der Waals surface area contributed by atoms with Gasteiger partial charge in [-0.1, -0.05) is 29.8 Å². The van der Waals surface area contributed by atoms with Gasteiger partial charge in [-0.25, -0.2) is 8.42 Å². The Bertz CT molecular complexity index is 1350. The van der Waals surface area contributed by atoms with Crippen LogP contribution in [-0.2, 0) is 9.84 Å². The lowest BCUT2D eigenvalue weighted by Gasteiger charge is -2.16. The lowest BCUT2D eigenvalue weighted by molar-refractivity contribution is 0.324. The fourth-order valence-electron chi connectivity index (χ4n) is 3.66. The lowest BCUT2D eigenvalue weighted by Crippen LogP contribution is -2.04. The first kappa shape index (κ1) is 22.9. The fourth-order valence-corrected chi connectivity index (χ4v) is 5.94. The zero-order valence-corrected chi connectivity index (χ0v) is 20.4. The molecule has 0 amide bonds. The molecule has 0 saturated heterocycles. The van der Waals surface area contributed by atoms with Gasteiger partial charge in [-0.05, 0) is 65.9 Å². The highest BCUT2D eigenvalue weighted by atomic mass is 32.2. The average Bonchev–Trinajstić information content (AvgIpc) is 3.38. The number of sulfone groups is 1. The van der Waals surface area contributed by atoms with Crippen molar-refractivity contribution in [3.05, 3.63) is 77.7 Å². The van der Waals surface area contributed by atoms with E-state index in [1.807, 2.05) is 54.8 Å². The minimum absolute atomic E-state index is 0.269. The molecular formula is C26H24O5S2. The number of ether oxygens (including phenoxy) is 3. The zero-order chi connectivity index (χ0) is 23.6. The van der Waals surface area contributed by atoms with Crippen LogP contribution in [0.1, 0.15) is 5.56 Å². The molecule has 0 N–H and O–H groups in total. The molecule has 0 bridgehead atoms. The van der Waals surface area contributed by atoms with Gasteiger partial charge in [0.05, 0.1) is 31.1 Å². The van der Waals surface area contributed by atoms with Gasteiger partial charge >= 0.3 is 0 Å². The predicted molar refractivity (Wildman–Crippen MR) is 131 cm³/mol. The van der Waals surface area contributed by atoms with Crippen molar-refractivity contribution < 1.29 is 22.6 Å². The molecule has 0 fully saturated rings. The summed E-state index contributed by atoms with van der Waals surface area (Å²) in [7, 11) is 0.975. The van der Waals surface area contributed by atoms with Crippen molar-refractivity contribution in [2.24, 2.45) is 0 Å². The zero-order valence-electron chi connectivity index (χ0n) is 18.8. The molecule has 0 radical (unpaired) electrons. The van der Waals surface area contributed by atoms with Gasteiger partial charge in [0, 0.05) is 10.4 Å². The van der Waals surface area contributed by atoms with Gasteiger partial charge in [0.15, 0.2) is 11.5 Å². The van der Waals surface area contributed by atoms with Crippen molar-refractivity contribution in [2.75, 3.05) is 21.3 Å². The molecule has 1 aromatic heterocycles. The minimum atomic E-state index is -3.71. The molecule has 0 atom stereocenters. The topological polar surface area (TPSA) is 61.8 Å². The van der Waals surface area contributed by atoms with E-state index in [-0.39, 0.29) is 9.79 Å². The third-order valence-corrected chi connectivity index (χ3v) is 8.12. The van der Waals surface area contributed by atoms with Crippen LogP contribution in [0.4, 0.5) is 0 Å². The highest BCUT2D eigenvalue weighted by Gasteiger charge is 2.24. The van der Waals surface area contributed by atoms with Crippen LogP contribution in [0.2, 0.25) is 0 Å². The van der Waals surface area contributed by atoms with Gasteiger partial charge in [0.2, 0.25) is 15.6 Å². The van der Waals surface area contributed by atoms with E-state index < -0.39 is 9.84 Å². The summed E-state index contributed by atoms with van der Waals surface area (Å²) in [6.07, 6.45) is 0. The summed E-state index contributed by atoms with van der Waals surface area (Å²) in [6.45, 7) is 1.93. The van der Waals surface area contributed by atoms with Crippen molar-refractivity contribution in [2.45, 2.75) is 16.7 Å². The number of methoxy groups -OCH3 is 3. The van der Waals surface area contributed by atoms with Crippen LogP contribution in [0.5, 0.6) is 17.2 Å². The van der Waals surface area contributed by atoms with E-state index in [0.717, 1.165) is 21.6 Å². The molecule has 5 nitrogen and oxygen atoms in total. The molecule has 7 heteroatoms. The average molecular weight is 481 g/mol. The fraction of sp³-hybridized carbons (Fsp3) is 0.154. The van der Waals surface area contributed by atoms with Gasteiger partial charge < -0.3 is 14.2 Å². The van der Waals surface area contributed by atoms with Gasteiger partial charge in [-0.2, -0.15) is 0 Å². The number of aryl methyl sites for hydroxylation is 1. The van der Waals surface area contributed by atoms with E-state index in [4.69, 9.17) is 14.2 Å². The number of thiophene rings is 1. The van der Waals surface area contributed by atoms with Crippen molar-refractivity contribution >= 4 is 21.2 Å². The largest absolute Gasteiger partial charge is 0.493 e. The standard InChI is InChI=1S/C26H24O5S2/c1-17-7-10-20(11-8-17)33(27,28)25-12-9-18(14-21(25)24-6-5-13-32-24)19-15-22(29-2)26(31-4)23(16-19)30-3/h5-16H,1-4H3. The Labute approximate surface area is 198 Å². The Balaban J connectivity index is 1.91. The summed E-state index contributed by atoms with van der Waals surface area (Å²) >= 11 is 1.50. The predicted octanol–water partition coefficient (Wildman–Crippen LogP) is 6.25. The molecule has 33 heavy (non-hydrogen) atoms. The maximum Gasteiger partial charge on any atom is 0.207 e. The first-order valence-electron chi connectivity index (χ1n) is 10.2. The highest BCUT2D eigenvalue weighted by Crippen LogP contribution is 2.43. The summed E-state index contributed by atoms with van der Waals surface area (Å²) in [5, 5.41) is 1.93. The first-order chi connectivity index (χ1) is 15.9. The molecule has 0 aliphatic rings. The number of benzene rings is 3. The molecule has 3 aromatic carbocycles. The van der Waals surface area contributed by atoms with E-state index in [1.54, 1.807) is 45.6 Å². The van der Waals surface area contributed by atoms with Crippen LogP contribution in [0.15, 0.2) is 81.9 Å². The Morgan fingerprint density at radius 2 is 1.42 bits per heavy atom.